The smallest absolute Gasteiger partial charge is 0.145 e. The van der Waals surface area contributed by atoms with Gasteiger partial charge in [0.2, 0.25) is 0 Å². The Balaban J connectivity index is 1.57. The molecule has 0 amide bonds. The van der Waals surface area contributed by atoms with Crippen LogP contribution in [-0.2, 0) is 12.8 Å². The van der Waals surface area contributed by atoms with Crippen LogP contribution < -0.4 is 4.74 Å². The maximum absolute atomic E-state index is 15.1. The standard InChI is InChI=1S/C25H19ClF3NO/c1-2-31-19-8-10-23(30-14-19)18-7-9-20-17(13-18)6-5-16(25(20)29)4-3-15-11-21(27)24(26)22(28)12-15/h5-14H,2-4H2,1H3. The largest absolute Gasteiger partial charge is 0.492 e. The number of halogens is 4. The molecule has 2 nitrogen and oxygen atoms in total. The molecule has 0 atom stereocenters. The molecule has 158 valence electrons. The maximum Gasteiger partial charge on any atom is 0.145 e. The molecule has 0 aliphatic carbocycles. The van der Waals surface area contributed by atoms with E-state index < -0.39 is 16.7 Å². The summed E-state index contributed by atoms with van der Waals surface area (Å²) in [5.41, 5.74) is 2.54. The number of pyridine rings is 1. The number of aryl methyl sites for hydroxylation is 2. The summed E-state index contributed by atoms with van der Waals surface area (Å²) < 4.78 is 47.7. The summed E-state index contributed by atoms with van der Waals surface area (Å²) >= 11 is 5.52. The Morgan fingerprint density at radius 1 is 0.903 bits per heavy atom. The molecule has 0 saturated carbocycles. The van der Waals surface area contributed by atoms with Crippen molar-refractivity contribution >= 4 is 22.4 Å². The Morgan fingerprint density at radius 3 is 2.35 bits per heavy atom. The van der Waals surface area contributed by atoms with Crippen LogP contribution in [0.4, 0.5) is 13.2 Å². The van der Waals surface area contributed by atoms with E-state index in [1.165, 1.54) is 12.1 Å². The normalized spacial score (nSPS) is 11.1. The van der Waals surface area contributed by atoms with Crippen LogP contribution in [0.3, 0.4) is 0 Å². The summed E-state index contributed by atoms with van der Waals surface area (Å²) in [5, 5.41) is 0.706. The number of fused-ring (bicyclic) bond motifs is 1. The number of ether oxygens (including phenoxy) is 1. The van der Waals surface area contributed by atoms with Crippen LogP contribution in [0.5, 0.6) is 5.75 Å². The first-order valence-electron chi connectivity index (χ1n) is 9.90. The van der Waals surface area contributed by atoms with Gasteiger partial charge in [-0.05, 0) is 66.6 Å². The first-order valence-corrected chi connectivity index (χ1v) is 10.3. The predicted molar refractivity (Wildman–Crippen MR) is 117 cm³/mol. The van der Waals surface area contributed by atoms with Gasteiger partial charge in [0.05, 0.1) is 18.5 Å². The first kappa shape index (κ1) is 21.2. The summed E-state index contributed by atoms with van der Waals surface area (Å²) in [4.78, 5) is 4.41. The molecule has 0 unspecified atom stereocenters. The van der Waals surface area contributed by atoms with Crippen LogP contribution >= 0.6 is 11.6 Å². The number of hydrogen-bond donors (Lipinski definition) is 0. The van der Waals surface area contributed by atoms with Gasteiger partial charge in [0, 0.05) is 10.9 Å². The van der Waals surface area contributed by atoms with Crippen molar-refractivity contribution in [2.24, 2.45) is 0 Å². The highest BCUT2D eigenvalue weighted by atomic mass is 35.5. The van der Waals surface area contributed by atoms with E-state index in [4.69, 9.17) is 16.3 Å². The zero-order valence-electron chi connectivity index (χ0n) is 16.8. The van der Waals surface area contributed by atoms with Crippen molar-refractivity contribution in [3.8, 4) is 17.0 Å². The zero-order valence-corrected chi connectivity index (χ0v) is 17.5. The number of aromatic nitrogens is 1. The van der Waals surface area contributed by atoms with Gasteiger partial charge in [0.25, 0.3) is 0 Å². The highest BCUT2D eigenvalue weighted by Crippen LogP contribution is 2.28. The second kappa shape index (κ2) is 8.98. The van der Waals surface area contributed by atoms with E-state index in [0.29, 0.717) is 41.7 Å². The lowest BCUT2D eigenvalue weighted by molar-refractivity contribution is 0.339. The molecule has 0 spiro atoms. The lowest BCUT2D eigenvalue weighted by atomic mass is 9.98. The van der Waals surface area contributed by atoms with Crippen molar-refractivity contribution in [2.45, 2.75) is 19.8 Å². The third-order valence-corrected chi connectivity index (χ3v) is 5.46. The first-order chi connectivity index (χ1) is 15.0. The SMILES string of the molecule is CCOc1ccc(-c2ccc3c(F)c(CCc4cc(F)c(Cl)c(F)c4)ccc3c2)nc1. The minimum absolute atomic E-state index is 0.293. The molecule has 0 aliphatic rings. The Kier molecular flexibility index (Phi) is 6.14. The number of nitrogens with zero attached hydrogens (tertiary/aromatic N) is 1. The second-order valence-electron chi connectivity index (χ2n) is 7.16. The van der Waals surface area contributed by atoms with Crippen molar-refractivity contribution in [2.75, 3.05) is 6.61 Å². The molecule has 0 aliphatic heterocycles. The average Bonchev–Trinajstić information content (AvgIpc) is 2.77. The lowest BCUT2D eigenvalue weighted by Crippen LogP contribution is -1.98. The molecule has 6 heteroatoms. The predicted octanol–water partition coefficient (Wildman–Crippen LogP) is 7.16. The van der Waals surface area contributed by atoms with Crippen LogP contribution in [0.15, 0.2) is 60.8 Å². The van der Waals surface area contributed by atoms with Crippen molar-refractivity contribution < 1.29 is 17.9 Å². The molecule has 0 N–H and O–H groups in total. The van der Waals surface area contributed by atoms with Crippen molar-refractivity contribution in [3.05, 3.63) is 94.4 Å². The van der Waals surface area contributed by atoms with Gasteiger partial charge in [0.1, 0.15) is 28.2 Å². The minimum Gasteiger partial charge on any atom is -0.492 e. The third-order valence-electron chi connectivity index (χ3n) is 5.10. The average molecular weight is 442 g/mol. The minimum atomic E-state index is -0.814. The van der Waals surface area contributed by atoms with Gasteiger partial charge in [-0.3, -0.25) is 4.98 Å². The van der Waals surface area contributed by atoms with E-state index in [2.05, 4.69) is 4.98 Å². The fourth-order valence-corrected chi connectivity index (χ4v) is 3.63. The van der Waals surface area contributed by atoms with E-state index in [9.17, 15) is 8.78 Å². The Labute approximate surface area is 183 Å². The lowest BCUT2D eigenvalue weighted by Gasteiger charge is -2.10. The molecule has 4 aromatic rings. The van der Waals surface area contributed by atoms with Gasteiger partial charge >= 0.3 is 0 Å². The Morgan fingerprint density at radius 2 is 1.68 bits per heavy atom. The van der Waals surface area contributed by atoms with Gasteiger partial charge in [-0.1, -0.05) is 35.9 Å². The third kappa shape index (κ3) is 4.52. The summed E-state index contributed by atoms with van der Waals surface area (Å²) in [6.45, 7) is 2.48. The molecule has 0 fully saturated rings. The summed E-state index contributed by atoms with van der Waals surface area (Å²) in [7, 11) is 0. The van der Waals surface area contributed by atoms with Gasteiger partial charge in [-0.15, -0.1) is 0 Å². The van der Waals surface area contributed by atoms with Gasteiger partial charge < -0.3 is 4.74 Å². The van der Waals surface area contributed by atoms with E-state index in [1.807, 2.05) is 37.3 Å². The zero-order chi connectivity index (χ0) is 22.0. The van der Waals surface area contributed by atoms with Gasteiger partial charge in [0.15, 0.2) is 0 Å². The highest BCUT2D eigenvalue weighted by Gasteiger charge is 2.12. The Hall–Kier alpha value is -3.05. The van der Waals surface area contributed by atoms with Crippen LogP contribution in [0.2, 0.25) is 5.02 Å². The second-order valence-corrected chi connectivity index (χ2v) is 7.54. The molecule has 3 aromatic carbocycles. The molecular formula is C25H19ClF3NO. The molecule has 0 radical (unpaired) electrons. The van der Waals surface area contributed by atoms with Crippen molar-refractivity contribution in [3.63, 3.8) is 0 Å². The maximum atomic E-state index is 15.1. The van der Waals surface area contributed by atoms with Crippen molar-refractivity contribution in [1.82, 2.24) is 4.98 Å². The fourth-order valence-electron chi connectivity index (χ4n) is 3.52. The summed E-state index contributed by atoms with van der Waals surface area (Å²) in [6.07, 6.45) is 2.27. The molecule has 1 aromatic heterocycles. The molecule has 0 bridgehead atoms. The molecule has 31 heavy (non-hydrogen) atoms. The molecule has 0 saturated heterocycles. The quantitative estimate of drug-likeness (QED) is 0.296. The monoisotopic (exact) mass is 441 g/mol. The molecule has 1 heterocycles. The van der Waals surface area contributed by atoms with Crippen LogP contribution in [-0.4, -0.2) is 11.6 Å². The fraction of sp³-hybridized carbons (Fsp3) is 0.160. The number of benzene rings is 3. The molecule has 4 rings (SSSR count). The van der Waals surface area contributed by atoms with Gasteiger partial charge in [-0.25, -0.2) is 13.2 Å². The van der Waals surface area contributed by atoms with Crippen molar-refractivity contribution in [1.29, 1.82) is 0 Å². The van der Waals surface area contributed by atoms with Crippen LogP contribution in [0, 0.1) is 17.5 Å². The van der Waals surface area contributed by atoms with E-state index in [1.54, 1.807) is 18.3 Å². The van der Waals surface area contributed by atoms with E-state index in [-0.39, 0.29) is 5.82 Å². The van der Waals surface area contributed by atoms with Crippen LogP contribution in [0.25, 0.3) is 22.0 Å². The summed E-state index contributed by atoms with van der Waals surface area (Å²) in [5.74, 6) is -1.26. The van der Waals surface area contributed by atoms with Gasteiger partial charge in [-0.2, -0.15) is 0 Å². The Bertz CT molecular complexity index is 1220. The number of hydrogen-bond acceptors (Lipinski definition) is 2. The topological polar surface area (TPSA) is 22.1 Å². The summed E-state index contributed by atoms with van der Waals surface area (Å²) in [6, 6.07) is 15.1. The molecular weight excluding hydrogens is 423 g/mol. The van der Waals surface area contributed by atoms with E-state index >= 15 is 4.39 Å². The van der Waals surface area contributed by atoms with E-state index in [0.717, 1.165) is 16.6 Å². The van der Waals surface area contributed by atoms with Crippen LogP contribution in [0.1, 0.15) is 18.1 Å². The highest BCUT2D eigenvalue weighted by molar-refractivity contribution is 6.30. The number of rotatable bonds is 6.